The second-order valence-electron chi connectivity index (χ2n) is 7.51. The van der Waals surface area contributed by atoms with E-state index in [0.717, 1.165) is 28.0 Å². The molecule has 172 valence electrons. The first-order valence-corrected chi connectivity index (χ1v) is 10.7. The molecular formula is C26H20N6O3. The molecule has 0 unspecified atom stereocenters. The molecular weight excluding hydrogens is 444 g/mol. The predicted molar refractivity (Wildman–Crippen MR) is 133 cm³/mol. The third-order valence-electron chi connectivity index (χ3n) is 5.18. The third-order valence-corrected chi connectivity index (χ3v) is 5.18. The Hall–Kier alpha value is -5.18. The molecule has 9 nitrogen and oxygen atoms in total. The van der Waals surface area contributed by atoms with Gasteiger partial charge >= 0.3 is 5.91 Å². The van der Waals surface area contributed by atoms with E-state index in [4.69, 9.17) is 4.42 Å². The van der Waals surface area contributed by atoms with Crippen molar-refractivity contribution in [3.8, 4) is 0 Å². The van der Waals surface area contributed by atoms with Crippen LogP contribution >= 0.6 is 0 Å². The van der Waals surface area contributed by atoms with Crippen LogP contribution in [0.1, 0.15) is 32.3 Å². The Balaban J connectivity index is 1.31. The lowest BCUT2D eigenvalue weighted by Gasteiger charge is -2.12. The van der Waals surface area contributed by atoms with Crippen LogP contribution in [0, 0.1) is 0 Å². The van der Waals surface area contributed by atoms with Crippen LogP contribution in [0.5, 0.6) is 0 Å². The van der Waals surface area contributed by atoms with Crippen LogP contribution in [0.3, 0.4) is 0 Å². The van der Waals surface area contributed by atoms with Crippen molar-refractivity contribution in [3.05, 3.63) is 108 Å². The summed E-state index contributed by atoms with van der Waals surface area (Å²) >= 11 is 0. The van der Waals surface area contributed by atoms with Crippen molar-refractivity contribution in [1.29, 1.82) is 0 Å². The Morgan fingerprint density at radius 2 is 1.74 bits per heavy atom. The normalized spacial score (nSPS) is 11.0. The summed E-state index contributed by atoms with van der Waals surface area (Å²) in [6, 6.07) is 21.6. The van der Waals surface area contributed by atoms with E-state index in [1.807, 2.05) is 54.6 Å². The van der Waals surface area contributed by atoms with Crippen molar-refractivity contribution in [2.45, 2.75) is 0 Å². The largest absolute Gasteiger partial charge is 0.459 e. The Morgan fingerprint density at radius 1 is 0.886 bits per heavy atom. The number of hydrogen-bond acceptors (Lipinski definition) is 6. The molecule has 5 aromatic rings. The monoisotopic (exact) mass is 464 g/mol. The van der Waals surface area contributed by atoms with Gasteiger partial charge in [-0.3, -0.25) is 30.5 Å². The van der Waals surface area contributed by atoms with Crippen LogP contribution in [0.15, 0.2) is 89.7 Å². The summed E-state index contributed by atoms with van der Waals surface area (Å²) in [5.74, 6) is -0.928. The SMILES string of the molecule is O=C(NNC(=O)c1ccccc1Nc1ccc2c(/C=C/c3ccccn3)n[nH]c2c1)c1ccco1. The predicted octanol–water partition coefficient (Wildman–Crippen LogP) is 4.54. The summed E-state index contributed by atoms with van der Waals surface area (Å²) in [4.78, 5) is 29.0. The maximum atomic E-state index is 12.7. The molecule has 35 heavy (non-hydrogen) atoms. The number of hydrazine groups is 1. The van der Waals surface area contributed by atoms with Crippen LogP contribution in [0.4, 0.5) is 11.4 Å². The van der Waals surface area contributed by atoms with E-state index in [1.165, 1.54) is 12.3 Å². The Labute approximate surface area is 199 Å². The summed E-state index contributed by atoms with van der Waals surface area (Å²) < 4.78 is 5.02. The Bertz CT molecular complexity index is 1510. The Kier molecular flexibility index (Phi) is 6.03. The fraction of sp³-hybridized carbons (Fsp3) is 0. The van der Waals surface area contributed by atoms with Gasteiger partial charge in [0.05, 0.1) is 34.4 Å². The smallest absolute Gasteiger partial charge is 0.305 e. The first kappa shape index (κ1) is 21.7. The number of carbonyl (C=O) groups excluding carboxylic acids is 2. The maximum Gasteiger partial charge on any atom is 0.305 e. The van der Waals surface area contributed by atoms with E-state index in [-0.39, 0.29) is 5.76 Å². The molecule has 0 saturated carbocycles. The molecule has 9 heteroatoms. The van der Waals surface area contributed by atoms with Crippen LogP contribution < -0.4 is 16.2 Å². The quantitative estimate of drug-likeness (QED) is 0.274. The highest BCUT2D eigenvalue weighted by molar-refractivity contribution is 6.02. The second-order valence-corrected chi connectivity index (χ2v) is 7.51. The van der Waals surface area contributed by atoms with E-state index in [2.05, 4.69) is 31.3 Å². The first-order valence-electron chi connectivity index (χ1n) is 10.7. The number of furan rings is 1. The minimum atomic E-state index is -0.550. The van der Waals surface area contributed by atoms with E-state index in [0.29, 0.717) is 11.3 Å². The average molecular weight is 464 g/mol. The van der Waals surface area contributed by atoms with Gasteiger partial charge in [-0.1, -0.05) is 18.2 Å². The molecule has 0 fully saturated rings. The molecule has 0 aliphatic heterocycles. The third kappa shape index (κ3) is 4.93. The minimum Gasteiger partial charge on any atom is -0.459 e. The number of benzene rings is 2. The second kappa shape index (κ2) is 9.75. The number of pyridine rings is 1. The van der Waals surface area contributed by atoms with E-state index in [1.54, 1.807) is 30.5 Å². The number of fused-ring (bicyclic) bond motifs is 1. The number of anilines is 2. The molecule has 0 aliphatic carbocycles. The summed E-state index contributed by atoms with van der Waals surface area (Å²) in [6.45, 7) is 0. The topological polar surface area (TPSA) is 125 Å². The fourth-order valence-electron chi connectivity index (χ4n) is 3.48. The number of carbonyl (C=O) groups is 2. The van der Waals surface area contributed by atoms with Gasteiger partial charge in [-0.15, -0.1) is 0 Å². The molecule has 0 saturated heterocycles. The van der Waals surface area contributed by atoms with Crippen LogP contribution in [0.25, 0.3) is 23.1 Å². The standard InChI is InChI=1S/C26H20N6O3/c33-25(31-32-26(34)24-9-5-15-35-24)20-7-1-2-8-21(20)28-18-10-12-19-22(29-30-23(19)16-18)13-11-17-6-3-4-14-27-17/h1-16,28H,(H,29,30)(H,31,33)(H,32,34)/b13-11+. The van der Waals surface area contributed by atoms with Crippen molar-refractivity contribution < 1.29 is 14.0 Å². The minimum absolute atomic E-state index is 0.0961. The van der Waals surface area contributed by atoms with Gasteiger partial charge in [-0.2, -0.15) is 5.10 Å². The number of nitrogens with zero attached hydrogens (tertiary/aromatic N) is 2. The lowest BCUT2D eigenvalue weighted by atomic mass is 10.1. The lowest BCUT2D eigenvalue weighted by molar-refractivity contribution is 0.0831. The summed E-state index contributed by atoms with van der Waals surface area (Å²) in [7, 11) is 0. The first-order chi connectivity index (χ1) is 17.2. The van der Waals surface area contributed by atoms with Crippen molar-refractivity contribution >= 4 is 46.2 Å². The molecule has 3 heterocycles. The molecule has 0 atom stereocenters. The molecule has 4 N–H and O–H groups in total. The zero-order valence-electron chi connectivity index (χ0n) is 18.4. The van der Waals surface area contributed by atoms with Gasteiger partial charge in [0.15, 0.2) is 5.76 Å². The molecule has 0 spiro atoms. The van der Waals surface area contributed by atoms with Crippen molar-refractivity contribution in [1.82, 2.24) is 26.0 Å². The Morgan fingerprint density at radius 3 is 2.57 bits per heavy atom. The van der Waals surface area contributed by atoms with Crippen molar-refractivity contribution in [2.75, 3.05) is 5.32 Å². The highest BCUT2D eigenvalue weighted by Crippen LogP contribution is 2.26. The molecule has 2 amide bonds. The lowest BCUT2D eigenvalue weighted by Crippen LogP contribution is -2.41. The highest BCUT2D eigenvalue weighted by Gasteiger charge is 2.14. The maximum absolute atomic E-state index is 12.7. The number of aromatic nitrogens is 3. The number of para-hydroxylation sites is 1. The van der Waals surface area contributed by atoms with Gasteiger partial charge in [-0.05, 0) is 66.7 Å². The molecule has 0 bridgehead atoms. The molecule has 2 aromatic carbocycles. The van der Waals surface area contributed by atoms with Crippen LogP contribution in [-0.2, 0) is 0 Å². The number of hydrogen-bond donors (Lipinski definition) is 4. The number of aromatic amines is 1. The number of amides is 2. The van der Waals surface area contributed by atoms with E-state index < -0.39 is 11.8 Å². The van der Waals surface area contributed by atoms with Gasteiger partial charge in [0.1, 0.15) is 0 Å². The van der Waals surface area contributed by atoms with E-state index in [9.17, 15) is 9.59 Å². The van der Waals surface area contributed by atoms with Crippen molar-refractivity contribution in [2.24, 2.45) is 0 Å². The zero-order valence-corrected chi connectivity index (χ0v) is 18.4. The van der Waals surface area contributed by atoms with Gasteiger partial charge in [0.25, 0.3) is 5.91 Å². The van der Waals surface area contributed by atoms with Crippen LogP contribution in [0.2, 0.25) is 0 Å². The summed E-state index contributed by atoms with van der Waals surface area (Å²) in [6.07, 6.45) is 6.93. The van der Waals surface area contributed by atoms with Gasteiger partial charge in [0, 0.05) is 17.3 Å². The van der Waals surface area contributed by atoms with E-state index >= 15 is 0 Å². The molecule has 3 aromatic heterocycles. The summed E-state index contributed by atoms with van der Waals surface area (Å²) in [5, 5.41) is 11.6. The average Bonchev–Trinajstić information content (AvgIpc) is 3.57. The van der Waals surface area contributed by atoms with Crippen LogP contribution in [-0.4, -0.2) is 27.0 Å². The number of nitrogens with one attached hydrogen (secondary N) is 4. The zero-order chi connectivity index (χ0) is 24.0. The number of rotatable bonds is 6. The van der Waals surface area contributed by atoms with Gasteiger partial charge in [-0.25, -0.2) is 0 Å². The molecule has 0 aliphatic rings. The highest BCUT2D eigenvalue weighted by atomic mass is 16.3. The fourth-order valence-corrected chi connectivity index (χ4v) is 3.48. The molecule has 5 rings (SSSR count). The molecule has 0 radical (unpaired) electrons. The van der Waals surface area contributed by atoms with Gasteiger partial charge in [0.2, 0.25) is 0 Å². The number of H-pyrrole nitrogens is 1. The van der Waals surface area contributed by atoms with Crippen molar-refractivity contribution in [3.63, 3.8) is 0 Å². The van der Waals surface area contributed by atoms with Gasteiger partial charge < -0.3 is 9.73 Å². The summed E-state index contributed by atoms with van der Waals surface area (Å²) in [5.41, 5.74) is 8.92.